The lowest BCUT2D eigenvalue weighted by atomic mass is 10.1. The average molecular weight is 376 g/mol. The maximum absolute atomic E-state index is 12.5. The first-order chi connectivity index (χ1) is 13.5. The number of hydrogen-bond donors (Lipinski definition) is 1. The van der Waals surface area contributed by atoms with Crippen LogP contribution >= 0.6 is 0 Å². The SMILES string of the molecule is COC(=O)c1ccc(NC(=O)c2ccc(=O)n(Cc3cccc(C)c3)c2)cc1. The molecule has 6 nitrogen and oxygen atoms in total. The van der Waals surface area contributed by atoms with Crippen molar-refractivity contribution in [1.82, 2.24) is 4.57 Å². The number of aromatic nitrogens is 1. The summed E-state index contributed by atoms with van der Waals surface area (Å²) in [4.78, 5) is 36.2. The fraction of sp³-hybridized carbons (Fsp3) is 0.136. The van der Waals surface area contributed by atoms with Gasteiger partial charge in [-0.25, -0.2) is 4.79 Å². The molecular formula is C22H20N2O4. The number of esters is 1. The van der Waals surface area contributed by atoms with Crippen LogP contribution in [0, 0.1) is 6.92 Å². The summed E-state index contributed by atoms with van der Waals surface area (Å²) in [5, 5.41) is 2.76. The Bertz CT molecular complexity index is 1070. The van der Waals surface area contributed by atoms with E-state index >= 15 is 0 Å². The minimum Gasteiger partial charge on any atom is -0.465 e. The highest BCUT2D eigenvalue weighted by Gasteiger charge is 2.10. The predicted molar refractivity (Wildman–Crippen MR) is 107 cm³/mol. The molecule has 0 saturated heterocycles. The summed E-state index contributed by atoms with van der Waals surface area (Å²) in [7, 11) is 1.31. The predicted octanol–water partition coefficient (Wildman–Crippen LogP) is 3.24. The molecule has 1 N–H and O–H groups in total. The number of carbonyl (C=O) groups is 2. The van der Waals surface area contributed by atoms with Crippen LogP contribution in [0.4, 0.5) is 5.69 Å². The van der Waals surface area contributed by atoms with E-state index in [-0.39, 0.29) is 11.5 Å². The number of aryl methyl sites for hydroxylation is 1. The van der Waals surface area contributed by atoms with Gasteiger partial charge < -0.3 is 14.6 Å². The Hall–Kier alpha value is -3.67. The van der Waals surface area contributed by atoms with Crippen molar-refractivity contribution in [3.8, 4) is 0 Å². The Morgan fingerprint density at radius 3 is 2.39 bits per heavy atom. The Morgan fingerprint density at radius 2 is 1.71 bits per heavy atom. The average Bonchev–Trinajstić information content (AvgIpc) is 2.69. The number of methoxy groups -OCH3 is 1. The number of pyridine rings is 1. The number of amides is 1. The number of anilines is 1. The van der Waals surface area contributed by atoms with Gasteiger partial charge in [-0.2, -0.15) is 0 Å². The fourth-order valence-electron chi connectivity index (χ4n) is 2.81. The van der Waals surface area contributed by atoms with Crippen molar-refractivity contribution < 1.29 is 14.3 Å². The molecule has 0 fully saturated rings. The number of nitrogens with one attached hydrogen (secondary N) is 1. The van der Waals surface area contributed by atoms with Crippen molar-refractivity contribution in [2.75, 3.05) is 12.4 Å². The van der Waals surface area contributed by atoms with Crippen LogP contribution in [0.1, 0.15) is 31.8 Å². The highest BCUT2D eigenvalue weighted by Crippen LogP contribution is 2.12. The van der Waals surface area contributed by atoms with E-state index < -0.39 is 5.97 Å². The molecule has 142 valence electrons. The summed E-state index contributed by atoms with van der Waals surface area (Å²) in [5.41, 5.74) is 3.21. The molecule has 0 bridgehead atoms. The molecule has 1 heterocycles. The third-order valence-corrected chi connectivity index (χ3v) is 4.24. The van der Waals surface area contributed by atoms with Crippen LogP contribution in [-0.4, -0.2) is 23.6 Å². The van der Waals surface area contributed by atoms with Crippen molar-refractivity contribution in [1.29, 1.82) is 0 Å². The molecule has 0 unspecified atom stereocenters. The minimum absolute atomic E-state index is 0.180. The second kappa shape index (κ2) is 8.35. The molecule has 0 spiro atoms. The van der Waals surface area contributed by atoms with E-state index in [1.54, 1.807) is 30.5 Å². The summed E-state index contributed by atoms with van der Waals surface area (Å²) in [6.45, 7) is 2.37. The van der Waals surface area contributed by atoms with Crippen LogP contribution in [-0.2, 0) is 11.3 Å². The lowest BCUT2D eigenvalue weighted by molar-refractivity contribution is 0.0600. The van der Waals surface area contributed by atoms with Gasteiger partial charge in [0.2, 0.25) is 0 Å². The van der Waals surface area contributed by atoms with Gasteiger partial charge in [-0.05, 0) is 42.8 Å². The van der Waals surface area contributed by atoms with Gasteiger partial charge in [0.05, 0.1) is 24.8 Å². The number of hydrogen-bond acceptors (Lipinski definition) is 4. The molecule has 28 heavy (non-hydrogen) atoms. The second-order valence-electron chi connectivity index (χ2n) is 6.40. The van der Waals surface area contributed by atoms with Gasteiger partial charge in [-0.15, -0.1) is 0 Å². The Morgan fingerprint density at radius 1 is 1.00 bits per heavy atom. The molecular weight excluding hydrogens is 356 g/mol. The monoisotopic (exact) mass is 376 g/mol. The molecule has 2 aromatic carbocycles. The molecule has 0 radical (unpaired) electrons. The zero-order chi connectivity index (χ0) is 20.1. The molecule has 1 aromatic heterocycles. The van der Waals surface area contributed by atoms with Crippen molar-refractivity contribution in [3.05, 3.63) is 99.5 Å². The fourth-order valence-corrected chi connectivity index (χ4v) is 2.81. The number of carbonyl (C=O) groups excluding carboxylic acids is 2. The lowest BCUT2D eigenvalue weighted by Gasteiger charge is -2.10. The number of ether oxygens (including phenoxy) is 1. The Balaban J connectivity index is 1.77. The number of rotatable bonds is 5. The third kappa shape index (κ3) is 4.54. The maximum atomic E-state index is 12.5. The summed E-state index contributed by atoms with van der Waals surface area (Å²) < 4.78 is 6.15. The van der Waals surface area contributed by atoms with E-state index in [9.17, 15) is 14.4 Å². The summed E-state index contributed by atoms with van der Waals surface area (Å²) in [6.07, 6.45) is 1.54. The van der Waals surface area contributed by atoms with Crippen LogP contribution in [0.5, 0.6) is 0 Å². The molecule has 0 aliphatic heterocycles. The van der Waals surface area contributed by atoms with E-state index in [0.717, 1.165) is 11.1 Å². The molecule has 1 amide bonds. The molecule has 0 aliphatic carbocycles. The van der Waals surface area contributed by atoms with E-state index in [1.807, 2.05) is 31.2 Å². The zero-order valence-corrected chi connectivity index (χ0v) is 15.6. The summed E-state index contributed by atoms with van der Waals surface area (Å²) in [5.74, 6) is -0.787. The lowest BCUT2D eigenvalue weighted by Crippen LogP contribution is -2.22. The van der Waals surface area contributed by atoms with E-state index in [4.69, 9.17) is 0 Å². The smallest absolute Gasteiger partial charge is 0.337 e. The summed E-state index contributed by atoms with van der Waals surface area (Å²) in [6, 6.07) is 17.1. The van der Waals surface area contributed by atoms with Gasteiger partial charge in [-0.1, -0.05) is 29.8 Å². The van der Waals surface area contributed by atoms with Gasteiger partial charge in [-0.3, -0.25) is 9.59 Å². The van der Waals surface area contributed by atoms with Crippen molar-refractivity contribution in [2.24, 2.45) is 0 Å². The number of benzene rings is 2. The van der Waals surface area contributed by atoms with Crippen LogP contribution < -0.4 is 10.9 Å². The molecule has 0 atom stereocenters. The van der Waals surface area contributed by atoms with Gasteiger partial charge >= 0.3 is 5.97 Å². The van der Waals surface area contributed by atoms with Gasteiger partial charge in [0.25, 0.3) is 11.5 Å². The van der Waals surface area contributed by atoms with Gasteiger partial charge in [0, 0.05) is 18.0 Å². The van der Waals surface area contributed by atoms with Crippen molar-refractivity contribution in [3.63, 3.8) is 0 Å². The third-order valence-electron chi connectivity index (χ3n) is 4.24. The maximum Gasteiger partial charge on any atom is 0.337 e. The van der Waals surface area contributed by atoms with E-state index in [1.165, 1.54) is 23.8 Å². The normalized spacial score (nSPS) is 10.4. The first-order valence-corrected chi connectivity index (χ1v) is 8.72. The Labute approximate surface area is 162 Å². The Kier molecular flexibility index (Phi) is 5.69. The molecule has 0 aliphatic rings. The standard InChI is InChI=1S/C22H20N2O4/c1-15-4-3-5-16(12-15)13-24-14-18(8-11-20(24)25)21(26)23-19-9-6-17(7-10-19)22(27)28-2/h3-12,14H,13H2,1-2H3,(H,23,26). The van der Waals surface area contributed by atoms with Gasteiger partial charge in [0.1, 0.15) is 0 Å². The van der Waals surface area contributed by atoms with Crippen molar-refractivity contribution >= 4 is 17.6 Å². The van der Waals surface area contributed by atoms with Crippen LogP contribution in [0.3, 0.4) is 0 Å². The first-order valence-electron chi connectivity index (χ1n) is 8.72. The van der Waals surface area contributed by atoms with Crippen LogP contribution in [0.25, 0.3) is 0 Å². The molecule has 3 rings (SSSR count). The first kappa shape index (κ1) is 19.1. The minimum atomic E-state index is -0.443. The highest BCUT2D eigenvalue weighted by atomic mass is 16.5. The zero-order valence-electron chi connectivity index (χ0n) is 15.6. The molecule has 6 heteroatoms. The van der Waals surface area contributed by atoms with Crippen LogP contribution in [0.15, 0.2) is 71.7 Å². The van der Waals surface area contributed by atoms with Gasteiger partial charge in [0.15, 0.2) is 0 Å². The molecule has 3 aromatic rings. The van der Waals surface area contributed by atoms with Crippen molar-refractivity contribution in [2.45, 2.75) is 13.5 Å². The van der Waals surface area contributed by atoms with E-state index in [0.29, 0.717) is 23.4 Å². The van der Waals surface area contributed by atoms with E-state index in [2.05, 4.69) is 10.1 Å². The number of nitrogens with zero attached hydrogens (tertiary/aromatic N) is 1. The topological polar surface area (TPSA) is 77.4 Å². The second-order valence-corrected chi connectivity index (χ2v) is 6.40. The molecule has 0 saturated carbocycles. The highest BCUT2D eigenvalue weighted by molar-refractivity contribution is 6.04. The largest absolute Gasteiger partial charge is 0.465 e. The quantitative estimate of drug-likeness (QED) is 0.694. The summed E-state index contributed by atoms with van der Waals surface area (Å²) >= 11 is 0. The van der Waals surface area contributed by atoms with Crippen LogP contribution in [0.2, 0.25) is 0 Å².